The summed E-state index contributed by atoms with van der Waals surface area (Å²) in [6.45, 7) is 0. The van der Waals surface area contributed by atoms with Crippen LogP contribution in [0.15, 0.2) is 36.7 Å². The molecular weight excluding hydrogens is 295 g/mol. The molecule has 1 saturated carbocycles. The second-order valence-electron chi connectivity index (χ2n) is 6.13. The number of carbonyl (C=O) groups is 1. The third-order valence-corrected chi connectivity index (χ3v) is 4.35. The number of nitrogens with zero attached hydrogens (tertiary/aromatic N) is 2. The van der Waals surface area contributed by atoms with Gasteiger partial charge in [-0.25, -0.2) is 9.18 Å². The number of amides is 2. The van der Waals surface area contributed by atoms with Crippen LogP contribution in [0, 0.1) is 11.7 Å². The van der Waals surface area contributed by atoms with Crippen LogP contribution < -0.4 is 10.6 Å². The molecule has 6 heteroatoms. The number of carbonyl (C=O) groups excluding carboxylic acids is 1. The molecule has 0 unspecified atom stereocenters. The van der Waals surface area contributed by atoms with E-state index in [0.29, 0.717) is 11.6 Å². The molecule has 5 nitrogen and oxygen atoms in total. The summed E-state index contributed by atoms with van der Waals surface area (Å²) in [5.74, 6) is 0.172. The number of rotatable bonds is 4. The predicted molar refractivity (Wildman–Crippen MR) is 86.6 cm³/mol. The molecular formula is C17H21FN4O. The number of halogens is 1. The van der Waals surface area contributed by atoms with Gasteiger partial charge in [-0.05, 0) is 42.9 Å². The highest BCUT2D eigenvalue weighted by Gasteiger charge is 2.28. The number of urea groups is 1. The van der Waals surface area contributed by atoms with Gasteiger partial charge in [0.2, 0.25) is 0 Å². The zero-order chi connectivity index (χ0) is 16.2. The Labute approximate surface area is 134 Å². The van der Waals surface area contributed by atoms with Crippen LogP contribution in [-0.2, 0) is 13.5 Å². The van der Waals surface area contributed by atoms with Crippen molar-refractivity contribution in [2.45, 2.75) is 31.7 Å². The van der Waals surface area contributed by atoms with Crippen molar-refractivity contribution in [2.75, 3.05) is 5.32 Å². The van der Waals surface area contributed by atoms with Crippen LogP contribution in [0.2, 0.25) is 0 Å². The maximum atomic E-state index is 13.0. The van der Waals surface area contributed by atoms with E-state index in [-0.39, 0.29) is 17.9 Å². The highest BCUT2D eigenvalue weighted by atomic mass is 19.1. The summed E-state index contributed by atoms with van der Waals surface area (Å²) in [6, 6.07) is 6.57. The molecule has 1 aromatic heterocycles. The Balaban J connectivity index is 1.56. The monoisotopic (exact) mass is 316 g/mol. The largest absolute Gasteiger partial charge is 0.335 e. The Morgan fingerprint density at radius 2 is 2.13 bits per heavy atom. The Bertz CT molecular complexity index is 667. The molecule has 0 saturated heterocycles. The molecule has 1 fully saturated rings. The average molecular weight is 316 g/mol. The quantitative estimate of drug-likeness (QED) is 0.910. The van der Waals surface area contributed by atoms with Gasteiger partial charge < -0.3 is 10.6 Å². The van der Waals surface area contributed by atoms with Crippen molar-refractivity contribution >= 4 is 11.7 Å². The van der Waals surface area contributed by atoms with Crippen molar-refractivity contribution in [3.63, 3.8) is 0 Å². The third-order valence-electron chi connectivity index (χ3n) is 4.35. The fourth-order valence-corrected chi connectivity index (χ4v) is 3.22. The van der Waals surface area contributed by atoms with Gasteiger partial charge in [0.25, 0.3) is 0 Å². The Hall–Kier alpha value is -2.37. The first-order valence-corrected chi connectivity index (χ1v) is 7.91. The zero-order valence-corrected chi connectivity index (χ0v) is 13.1. The molecule has 3 rings (SSSR count). The van der Waals surface area contributed by atoms with E-state index in [1.54, 1.807) is 24.1 Å². The Kier molecular flexibility index (Phi) is 4.60. The summed E-state index contributed by atoms with van der Waals surface area (Å²) in [5, 5.41) is 9.88. The summed E-state index contributed by atoms with van der Waals surface area (Å²) >= 11 is 0. The molecule has 122 valence electrons. The maximum absolute atomic E-state index is 13.0. The summed E-state index contributed by atoms with van der Waals surface area (Å²) in [6.07, 6.45) is 7.39. The van der Waals surface area contributed by atoms with Gasteiger partial charge in [-0.3, -0.25) is 4.68 Å². The van der Waals surface area contributed by atoms with E-state index in [4.69, 9.17) is 0 Å². The molecule has 2 N–H and O–H groups in total. The molecule has 2 amide bonds. The maximum Gasteiger partial charge on any atom is 0.319 e. The second kappa shape index (κ2) is 6.81. The fourth-order valence-electron chi connectivity index (χ4n) is 3.22. The van der Waals surface area contributed by atoms with Crippen LogP contribution in [-0.4, -0.2) is 21.9 Å². The molecule has 0 aliphatic heterocycles. The van der Waals surface area contributed by atoms with E-state index in [9.17, 15) is 9.18 Å². The van der Waals surface area contributed by atoms with Gasteiger partial charge in [-0.1, -0.05) is 18.6 Å². The lowest BCUT2D eigenvalue weighted by Crippen LogP contribution is -2.40. The Morgan fingerprint density at radius 3 is 2.83 bits per heavy atom. The molecule has 0 bridgehead atoms. The lowest BCUT2D eigenvalue weighted by Gasteiger charge is -2.21. The second-order valence-corrected chi connectivity index (χ2v) is 6.13. The first-order chi connectivity index (χ1) is 11.1. The van der Waals surface area contributed by atoms with Gasteiger partial charge in [0.15, 0.2) is 0 Å². The zero-order valence-electron chi connectivity index (χ0n) is 13.1. The van der Waals surface area contributed by atoms with Crippen LogP contribution in [0.4, 0.5) is 14.9 Å². The molecule has 2 aromatic rings. The van der Waals surface area contributed by atoms with Gasteiger partial charge in [-0.2, -0.15) is 5.10 Å². The summed E-state index contributed by atoms with van der Waals surface area (Å²) in [5.41, 5.74) is 1.79. The van der Waals surface area contributed by atoms with E-state index >= 15 is 0 Å². The Morgan fingerprint density at radius 1 is 1.35 bits per heavy atom. The lowest BCUT2D eigenvalue weighted by atomic mass is 9.94. The number of aromatic nitrogens is 2. The van der Waals surface area contributed by atoms with Crippen molar-refractivity contribution in [1.82, 2.24) is 15.1 Å². The SMILES string of the molecule is Cn1cc(NC(=O)N[C@H]2CCC[C@H]2Cc2ccc(F)cc2)cn1. The highest BCUT2D eigenvalue weighted by molar-refractivity contribution is 5.89. The minimum atomic E-state index is -0.217. The minimum Gasteiger partial charge on any atom is -0.335 e. The number of benzene rings is 1. The van der Waals surface area contributed by atoms with E-state index in [1.807, 2.05) is 12.1 Å². The van der Waals surface area contributed by atoms with E-state index in [2.05, 4.69) is 15.7 Å². The van der Waals surface area contributed by atoms with Crippen LogP contribution in [0.25, 0.3) is 0 Å². The van der Waals surface area contributed by atoms with Gasteiger partial charge in [0.1, 0.15) is 5.82 Å². The van der Waals surface area contributed by atoms with Gasteiger partial charge in [0, 0.05) is 19.3 Å². The molecule has 1 aromatic carbocycles. The standard InChI is InChI=1S/C17H21FN4O/c1-22-11-15(10-19-22)20-17(23)21-16-4-2-3-13(16)9-12-5-7-14(18)8-6-12/h5-8,10-11,13,16H,2-4,9H2,1H3,(H2,20,21,23)/t13-,16-/m0/s1. The minimum absolute atomic E-state index is 0.150. The van der Waals surface area contributed by atoms with Gasteiger partial charge in [-0.15, -0.1) is 0 Å². The molecule has 2 atom stereocenters. The molecule has 0 radical (unpaired) electrons. The molecule has 0 spiro atoms. The average Bonchev–Trinajstić information content (AvgIpc) is 3.11. The van der Waals surface area contributed by atoms with Crippen LogP contribution in [0.5, 0.6) is 0 Å². The smallest absolute Gasteiger partial charge is 0.319 e. The molecule has 1 heterocycles. The summed E-state index contributed by atoms with van der Waals surface area (Å²) in [4.78, 5) is 12.1. The van der Waals surface area contributed by atoms with Crippen molar-refractivity contribution in [3.05, 3.63) is 48.0 Å². The van der Waals surface area contributed by atoms with E-state index < -0.39 is 0 Å². The third kappa shape index (κ3) is 4.09. The van der Waals surface area contributed by atoms with Crippen LogP contribution >= 0.6 is 0 Å². The van der Waals surface area contributed by atoms with E-state index in [0.717, 1.165) is 31.2 Å². The predicted octanol–water partition coefficient (Wildman–Crippen LogP) is 3.09. The highest BCUT2D eigenvalue weighted by Crippen LogP contribution is 2.29. The van der Waals surface area contributed by atoms with Crippen molar-refractivity contribution in [3.8, 4) is 0 Å². The van der Waals surface area contributed by atoms with Crippen LogP contribution in [0.1, 0.15) is 24.8 Å². The van der Waals surface area contributed by atoms with Crippen LogP contribution in [0.3, 0.4) is 0 Å². The van der Waals surface area contributed by atoms with Crippen molar-refractivity contribution < 1.29 is 9.18 Å². The van der Waals surface area contributed by atoms with Crippen molar-refractivity contribution in [1.29, 1.82) is 0 Å². The number of aryl methyl sites for hydroxylation is 1. The number of nitrogens with one attached hydrogen (secondary N) is 2. The lowest BCUT2D eigenvalue weighted by molar-refractivity contribution is 0.245. The summed E-state index contributed by atoms with van der Waals surface area (Å²) < 4.78 is 14.6. The fraction of sp³-hybridized carbons (Fsp3) is 0.412. The molecule has 1 aliphatic rings. The van der Waals surface area contributed by atoms with E-state index in [1.165, 1.54) is 12.1 Å². The molecule has 23 heavy (non-hydrogen) atoms. The van der Waals surface area contributed by atoms with Gasteiger partial charge >= 0.3 is 6.03 Å². The summed E-state index contributed by atoms with van der Waals surface area (Å²) in [7, 11) is 1.80. The number of hydrogen-bond acceptors (Lipinski definition) is 2. The first-order valence-electron chi connectivity index (χ1n) is 7.91. The first kappa shape index (κ1) is 15.5. The topological polar surface area (TPSA) is 59.0 Å². The van der Waals surface area contributed by atoms with Crippen molar-refractivity contribution in [2.24, 2.45) is 13.0 Å². The molecule has 1 aliphatic carbocycles. The number of anilines is 1. The normalized spacial score (nSPS) is 20.4. The van der Waals surface area contributed by atoms with Gasteiger partial charge in [0.05, 0.1) is 11.9 Å². The number of hydrogen-bond donors (Lipinski definition) is 2.